The van der Waals surface area contributed by atoms with Crippen LogP contribution in [0.4, 0.5) is 0 Å². The normalized spacial score (nSPS) is 10.3. The fourth-order valence-corrected chi connectivity index (χ4v) is 2.11. The maximum Gasteiger partial charge on any atom is 0.220 e. The second kappa shape index (κ2) is 11.2. The van der Waals surface area contributed by atoms with Gasteiger partial charge in [-0.15, -0.1) is 11.6 Å². The molecule has 1 rings (SSSR count). The molecule has 0 atom stereocenters. The van der Waals surface area contributed by atoms with Crippen molar-refractivity contribution in [3.63, 3.8) is 0 Å². The van der Waals surface area contributed by atoms with Crippen LogP contribution in [0.25, 0.3) is 0 Å². The van der Waals surface area contributed by atoms with E-state index in [1.54, 1.807) is 7.11 Å². The SMILES string of the molecule is CCCCOc1ccc(CCNC(=O)CCCCl)cc1OC. The van der Waals surface area contributed by atoms with E-state index in [0.717, 1.165) is 36.3 Å². The number of hydrogen-bond donors (Lipinski definition) is 1. The van der Waals surface area contributed by atoms with Crippen LogP contribution in [0, 0.1) is 0 Å². The van der Waals surface area contributed by atoms with Crippen molar-refractivity contribution in [2.45, 2.75) is 39.0 Å². The van der Waals surface area contributed by atoms with Gasteiger partial charge in [-0.25, -0.2) is 0 Å². The first-order valence-electron chi connectivity index (χ1n) is 7.83. The number of carbonyl (C=O) groups excluding carboxylic acids is 1. The van der Waals surface area contributed by atoms with Crippen LogP contribution >= 0.6 is 11.6 Å². The summed E-state index contributed by atoms with van der Waals surface area (Å²) in [6, 6.07) is 5.90. The Morgan fingerprint density at radius 1 is 1.27 bits per heavy atom. The molecule has 1 aromatic carbocycles. The first kappa shape index (κ1) is 18.6. The number of methoxy groups -OCH3 is 1. The first-order valence-corrected chi connectivity index (χ1v) is 8.37. The molecule has 0 heterocycles. The third-order valence-corrected chi connectivity index (χ3v) is 3.52. The van der Waals surface area contributed by atoms with Crippen molar-refractivity contribution in [2.75, 3.05) is 26.1 Å². The van der Waals surface area contributed by atoms with Gasteiger partial charge in [0.2, 0.25) is 5.91 Å². The number of amides is 1. The average molecular weight is 328 g/mol. The Hall–Kier alpha value is -1.42. The van der Waals surface area contributed by atoms with Gasteiger partial charge in [-0.05, 0) is 37.0 Å². The zero-order valence-corrected chi connectivity index (χ0v) is 14.2. The summed E-state index contributed by atoms with van der Waals surface area (Å²) in [5, 5.41) is 2.89. The summed E-state index contributed by atoms with van der Waals surface area (Å²) in [6.45, 7) is 3.44. The van der Waals surface area contributed by atoms with Gasteiger partial charge in [0.05, 0.1) is 13.7 Å². The van der Waals surface area contributed by atoms with Gasteiger partial charge in [0.1, 0.15) is 0 Å². The highest BCUT2D eigenvalue weighted by molar-refractivity contribution is 6.17. The van der Waals surface area contributed by atoms with Gasteiger partial charge in [-0.3, -0.25) is 4.79 Å². The molecule has 0 aliphatic heterocycles. The Kier molecular flexibility index (Phi) is 9.47. The van der Waals surface area contributed by atoms with Crippen LogP contribution in [0.1, 0.15) is 38.2 Å². The molecule has 0 radical (unpaired) electrons. The molecule has 1 aromatic rings. The average Bonchev–Trinajstić information content (AvgIpc) is 2.54. The molecule has 1 amide bonds. The largest absolute Gasteiger partial charge is 0.493 e. The number of halogens is 1. The summed E-state index contributed by atoms with van der Waals surface area (Å²) in [5.74, 6) is 2.07. The molecule has 0 saturated carbocycles. The van der Waals surface area contributed by atoms with E-state index in [1.807, 2.05) is 18.2 Å². The van der Waals surface area contributed by atoms with Crippen molar-refractivity contribution in [3.8, 4) is 11.5 Å². The molecule has 0 aliphatic rings. The summed E-state index contributed by atoms with van der Waals surface area (Å²) in [4.78, 5) is 11.5. The van der Waals surface area contributed by atoms with E-state index in [2.05, 4.69) is 12.2 Å². The Morgan fingerprint density at radius 2 is 2.09 bits per heavy atom. The smallest absolute Gasteiger partial charge is 0.220 e. The van der Waals surface area contributed by atoms with E-state index in [4.69, 9.17) is 21.1 Å². The minimum Gasteiger partial charge on any atom is -0.493 e. The van der Waals surface area contributed by atoms with E-state index < -0.39 is 0 Å². The fourth-order valence-electron chi connectivity index (χ4n) is 1.98. The lowest BCUT2D eigenvalue weighted by molar-refractivity contribution is -0.121. The predicted molar refractivity (Wildman–Crippen MR) is 90.1 cm³/mol. The van der Waals surface area contributed by atoms with Crippen molar-refractivity contribution in [1.29, 1.82) is 0 Å². The lowest BCUT2D eigenvalue weighted by atomic mass is 10.1. The Labute approximate surface area is 138 Å². The minimum absolute atomic E-state index is 0.0483. The van der Waals surface area contributed by atoms with Crippen LogP contribution < -0.4 is 14.8 Å². The zero-order valence-electron chi connectivity index (χ0n) is 13.5. The van der Waals surface area contributed by atoms with E-state index >= 15 is 0 Å². The van der Waals surface area contributed by atoms with Crippen LogP contribution in [0.15, 0.2) is 18.2 Å². The molecular formula is C17H26ClNO3. The number of ether oxygens (including phenoxy) is 2. The van der Waals surface area contributed by atoms with Gasteiger partial charge in [0, 0.05) is 18.8 Å². The number of benzene rings is 1. The number of unbranched alkanes of at least 4 members (excludes halogenated alkanes) is 1. The second-order valence-corrected chi connectivity index (χ2v) is 5.46. The van der Waals surface area contributed by atoms with Crippen LogP contribution in [-0.4, -0.2) is 32.0 Å². The number of carbonyl (C=O) groups is 1. The molecule has 0 saturated heterocycles. The molecule has 0 spiro atoms. The summed E-state index contributed by atoms with van der Waals surface area (Å²) in [7, 11) is 1.64. The topological polar surface area (TPSA) is 47.6 Å². The highest BCUT2D eigenvalue weighted by Gasteiger charge is 2.06. The van der Waals surface area contributed by atoms with Crippen LogP contribution in [-0.2, 0) is 11.2 Å². The molecule has 0 fully saturated rings. The van der Waals surface area contributed by atoms with Crippen LogP contribution in [0.3, 0.4) is 0 Å². The zero-order chi connectivity index (χ0) is 16.2. The van der Waals surface area contributed by atoms with Gasteiger partial charge in [-0.1, -0.05) is 19.4 Å². The lowest BCUT2D eigenvalue weighted by Crippen LogP contribution is -2.25. The molecule has 1 N–H and O–H groups in total. The third kappa shape index (κ3) is 7.03. The van der Waals surface area contributed by atoms with Crippen molar-refractivity contribution >= 4 is 17.5 Å². The maximum atomic E-state index is 11.5. The number of alkyl halides is 1. The van der Waals surface area contributed by atoms with Crippen LogP contribution in [0.2, 0.25) is 0 Å². The number of hydrogen-bond acceptors (Lipinski definition) is 3. The standard InChI is InChI=1S/C17H26ClNO3/c1-3-4-12-22-15-8-7-14(13-16(15)21-2)9-11-19-17(20)6-5-10-18/h7-8,13H,3-6,9-12H2,1-2H3,(H,19,20). The molecular weight excluding hydrogens is 302 g/mol. The lowest BCUT2D eigenvalue weighted by Gasteiger charge is -2.12. The van der Waals surface area contributed by atoms with Crippen molar-refractivity contribution < 1.29 is 14.3 Å². The third-order valence-electron chi connectivity index (χ3n) is 3.26. The molecule has 22 heavy (non-hydrogen) atoms. The van der Waals surface area contributed by atoms with Gasteiger partial charge >= 0.3 is 0 Å². The number of rotatable bonds is 11. The molecule has 0 bridgehead atoms. The van der Waals surface area contributed by atoms with Gasteiger partial charge < -0.3 is 14.8 Å². The van der Waals surface area contributed by atoms with E-state index in [1.165, 1.54) is 0 Å². The molecule has 0 aliphatic carbocycles. The highest BCUT2D eigenvalue weighted by Crippen LogP contribution is 2.28. The van der Waals surface area contributed by atoms with Gasteiger partial charge in [-0.2, -0.15) is 0 Å². The molecule has 124 valence electrons. The molecule has 5 heteroatoms. The van der Waals surface area contributed by atoms with E-state index in [0.29, 0.717) is 31.9 Å². The van der Waals surface area contributed by atoms with Crippen LogP contribution in [0.5, 0.6) is 11.5 Å². The second-order valence-electron chi connectivity index (χ2n) is 5.08. The Bertz CT molecular complexity index is 452. The van der Waals surface area contributed by atoms with Gasteiger partial charge in [0.25, 0.3) is 0 Å². The maximum absolute atomic E-state index is 11.5. The Balaban J connectivity index is 2.45. The quantitative estimate of drug-likeness (QED) is 0.499. The highest BCUT2D eigenvalue weighted by atomic mass is 35.5. The summed E-state index contributed by atoms with van der Waals surface area (Å²) in [5.41, 5.74) is 1.11. The van der Waals surface area contributed by atoms with Crippen molar-refractivity contribution in [1.82, 2.24) is 5.32 Å². The summed E-state index contributed by atoms with van der Waals surface area (Å²) in [6.07, 6.45) is 4.09. The van der Waals surface area contributed by atoms with E-state index in [-0.39, 0.29) is 5.91 Å². The predicted octanol–water partition coefficient (Wildman–Crippen LogP) is 3.55. The van der Waals surface area contributed by atoms with Crippen molar-refractivity contribution in [2.24, 2.45) is 0 Å². The molecule has 0 aromatic heterocycles. The first-order chi connectivity index (χ1) is 10.7. The Morgan fingerprint density at radius 3 is 2.77 bits per heavy atom. The van der Waals surface area contributed by atoms with Crippen molar-refractivity contribution in [3.05, 3.63) is 23.8 Å². The summed E-state index contributed by atoms with van der Waals surface area (Å²) < 4.78 is 11.1. The molecule has 4 nitrogen and oxygen atoms in total. The fraction of sp³-hybridized carbons (Fsp3) is 0.588. The van der Waals surface area contributed by atoms with E-state index in [9.17, 15) is 4.79 Å². The number of nitrogens with one attached hydrogen (secondary N) is 1. The molecule has 0 unspecified atom stereocenters. The van der Waals surface area contributed by atoms with Gasteiger partial charge in [0.15, 0.2) is 11.5 Å². The minimum atomic E-state index is 0.0483. The monoisotopic (exact) mass is 327 g/mol. The summed E-state index contributed by atoms with van der Waals surface area (Å²) >= 11 is 5.56.